The normalized spacial score (nSPS) is 9.83. The molecule has 1 aromatic carbocycles. The van der Waals surface area contributed by atoms with Crippen LogP contribution in [0.3, 0.4) is 0 Å². The van der Waals surface area contributed by atoms with Gasteiger partial charge in [0.25, 0.3) is 0 Å². The summed E-state index contributed by atoms with van der Waals surface area (Å²) < 4.78 is 1.96. The lowest BCUT2D eigenvalue weighted by Crippen LogP contribution is -1.99. The van der Waals surface area contributed by atoms with Crippen LogP contribution in [-0.4, -0.2) is 11.1 Å². The molecule has 0 bridgehead atoms. The third kappa shape index (κ3) is 3.10. The number of carbonyl (C=O) groups is 1. The molecule has 2 nitrogen and oxygen atoms in total. The maximum Gasteiger partial charge on any atom is 0.307 e. The molecule has 0 radical (unpaired) electrons. The molecule has 0 saturated heterocycles. The Bertz CT molecular complexity index is 292. The van der Waals surface area contributed by atoms with Gasteiger partial charge in [0.15, 0.2) is 0 Å². The van der Waals surface area contributed by atoms with Crippen LogP contribution in [0, 0.1) is 3.57 Å². The second kappa shape index (κ2) is 4.23. The van der Waals surface area contributed by atoms with Crippen LogP contribution in [0.1, 0.15) is 5.56 Å². The van der Waals surface area contributed by atoms with Crippen molar-refractivity contribution < 1.29 is 9.90 Å². The largest absolute Gasteiger partial charge is 0.481 e. The minimum Gasteiger partial charge on any atom is -0.481 e. The molecule has 0 fully saturated rings. The van der Waals surface area contributed by atoms with Gasteiger partial charge in [-0.3, -0.25) is 4.79 Å². The molecule has 0 aromatic heterocycles. The third-order valence-electron chi connectivity index (χ3n) is 1.28. The van der Waals surface area contributed by atoms with Gasteiger partial charge in [-0.05, 0) is 46.4 Å². The summed E-state index contributed by atoms with van der Waals surface area (Å²) in [6, 6.07) is 5.61. The summed E-state index contributed by atoms with van der Waals surface area (Å²) in [5.41, 5.74) is 0.821. The van der Waals surface area contributed by atoms with Gasteiger partial charge in [0.2, 0.25) is 0 Å². The molecule has 1 aromatic rings. The van der Waals surface area contributed by atoms with Crippen molar-refractivity contribution in [2.45, 2.75) is 6.42 Å². The van der Waals surface area contributed by atoms with Crippen LogP contribution in [0.4, 0.5) is 0 Å². The number of aliphatic carboxylic acids is 1. The van der Waals surface area contributed by atoms with Gasteiger partial charge in [-0.2, -0.15) is 0 Å². The minimum atomic E-state index is -0.802. The van der Waals surface area contributed by atoms with E-state index in [0.717, 1.165) is 13.6 Å². The zero-order valence-corrected chi connectivity index (χ0v) is 9.79. The van der Waals surface area contributed by atoms with Crippen molar-refractivity contribution >= 4 is 44.5 Å². The lowest BCUT2D eigenvalue weighted by molar-refractivity contribution is -0.136. The Morgan fingerprint density at radius 1 is 1.50 bits per heavy atom. The van der Waals surface area contributed by atoms with E-state index < -0.39 is 5.97 Å². The molecule has 0 amide bonds. The Balaban J connectivity index is 2.93. The SMILES string of the molecule is O=C(O)Cc1cc(Br)cc(I)c1. The molecule has 0 aliphatic carbocycles. The summed E-state index contributed by atoms with van der Waals surface area (Å²) in [6.07, 6.45) is 0.0788. The van der Waals surface area contributed by atoms with Crippen molar-refractivity contribution in [3.63, 3.8) is 0 Å². The van der Waals surface area contributed by atoms with Crippen LogP contribution in [0.15, 0.2) is 22.7 Å². The van der Waals surface area contributed by atoms with E-state index in [1.54, 1.807) is 0 Å². The second-order valence-corrected chi connectivity index (χ2v) is 4.51. The monoisotopic (exact) mass is 340 g/mol. The van der Waals surface area contributed by atoms with Gasteiger partial charge in [-0.1, -0.05) is 15.9 Å². The number of hydrogen-bond donors (Lipinski definition) is 1. The number of carboxylic acid groups (broad SMARTS) is 1. The molecule has 1 N–H and O–H groups in total. The fourth-order valence-corrected chi connectivity index (χ4v) is 2.59. The van der Waals surface area contributed by atoms with Crippen LogP contribution in [-0.2, 0) is 11.2 Å². The lowest BCUT2D eigenvalue weighted by atomic mass is 10.2. The van der Waals surface area contributed by atoms with Crippen LogP contribution in [0.5, 0.6) is 0 Å². The Morgan fingerprint density at radius 2 is 2.17 bits per heavy atom. The average molecular weight is 341 g/mol. The van der Waals surface area contributed by atoms with Crippen LogP contribution < -0.4 is 0 Å². The van der Waals surface area contributed by atoms with E-state index in [1.165, 1.54) is 0 Å². The van der Waals surface area contributed by atoms with E-state index in [1.807, 2.05) is 18.2 Å². The third-order valence-corrected chi connectivity index (χ3v) is 2.36. The fourth-order valence-electron chi connectivity index (χ4n) is 0.888. The predicted octanol–water partition coefficient (Wildman–Crippen LogP) is 2.68. The van der Waals surface area contributed by atoms with Crippen LogP contribution in [0.2, 0.25) is 0 Å². The van der Waals surface area contributed by atoms with E-state index >= 15 is 0 Å². The van der Waals surface area contributed by atoms with Crippen molar-refractivity contribution in [1.29, 1.82) is 0 Å². The first kappa shape index (κ1) is 9.98. The Morgan fingerprint density at radius 3 is 2.67 bits per heavy atom. The molecule has 0 spiro atoms. The number of hydrogen-bond acceptors (Lipinski definition) is 1. The van der Waals surface area contributed by atoms with Gasteiger partial charge in [0.1, 0.15) is 0 Å². The summed E-state index contributed by atoms with van der Waals surface area (Å²) in [5.74, 6) is -0.802. The summed E-state index contributed by atoms with van der Waals surface area (Å²) in [4.78, 5) is 10.4. The molecule has 4 heteroatoms. The van der Waals surface area contributed by atoms with Crippen molar-refractivity contribution in [2.24, 2.45) is 0 Å². The molecule has 0 atom stereocenters. The van der Waals surface area contributed by atoms with Crippen molar-refractivity contribution in [3.8, 4) is 0 Å². The van der Waals surface area contributed by atoms with Gasteiger partial charge in [0, 0.05) is 8.04 Å². The van der Waals surface area contributed by atoms with E-state index in [0.29, 0.717) is 0 Å². The molecule has 0 aliphatic heterocycles. The molecule has 0 saturated carbocycles. The highest BCUT2D eigenvalue weighted by molar-refractivity contribution is 14.1. The van der Waals surface area contributed by atoms with Gasteiger partial charge < -0.3 is 5.11 Å². The number of halogens is 2. The predicted molar refractivity (Wildman–Crippen MR) is 58.2 cm³/mol. The number of benzene rings is 1. The van der Waals surface area contributed by atoms with Crippen molar-refractivity contribution in [3.05, 3.63) is 31.8 Å². The van der Waals surface area contributed by atoms with Gasteiger partial charge in [-0.25, -0.2) is 0 Å². The fraction of sp³-hybridized carbons (Fsp3) is 0.125. The van der Waals surface area contributed by atoms with Gasteiger partial charge in [-0.15, -0.1) is 0 Å². The molecular weight excluding hydrogens is 335 g/mol. The van der Waals surface area contributed by atoms with E-state index in [9.17, 15) is 4.79 Å². The molecule has 1 rings (SSSR count). The van der Waals surface area contributed by atoms with Crippen molar-refractivity contribution in [2.75, 3.05) is 0 Å². The average Bonchev–Trinajstić information content (AvgIpc) is 1.81. The molecule has 64 valence electrons. The summed E-state index contributed by atoms with van der Waals surface area (Å²) in [6.45, 7) is 0. The van der Waals surface area contributed by atoms with Crippen LogP contribution in [0.25, 0.3) is 0 Å². The van der Waals surface area contributed by atoms with Crippen molar-refractivity contribution in [1.82, 2.24) is 0 Å². The Kier molecular flexibility index (Phi) is 3.52. The quantitative estimate of drug-likeness (QED) is 0.840. The topological polar surface area (TPSA) is 37.3 Å². The molecule has 12 heavy (non-hydrogen) atoms. The highest BCUT2D eigenvalue weighted by Gasteiger charge is 2.01. The Labute approximate surface area is 92.2 Å². The molecule has 0 aliphatic rings. The second-order valence-electron chi connectivity index (χ2n) is 2.35. The molecule has 0 heterocycles. The first-order chi connectivity index (χ1) is 5.58. The standard InChI is InChI=1S/C8H6BrIO2/c9-6-1-5(3-8(11)12)2-7(10)4-6/h1-2,4H,3H2,(H,11,12). The summed E-state index contributed by atoms with van der Waals surface area (Å²) >= 11 is 5.46. The zero-order chi connectivity index (χ0) is 9.14. The van der Waals surface area contributed by atoms with Gasteiger partial charge in [0.05, 0.1) is 6.42 Å². The van der Waals surface area contributed by atoms with Gasteiger partial charge >= 0.3 is 5.97 Å². The lowest BCUT2D eigenvalue weighted by Gasteiger charge is -1.99. The van der Waals surface area contributed by atoms with E-state index in [2.05, 4.69) is 38.5 Å². The van der Waals surface area contributed by atoms with Crippen LogP contribution >= 0.6 is 38.5 Å². The maximum atomic E-state index is 10.4. The summed E-state index contributed by atoms with van der Waals surface area (Å²) in [7, 11) is 0. The zero-order valence-electron chi connectivity index (χ0n) is 6.05. The Hall–Kier alpha value is -0.100. The highest BCUT2D eigenvalue weighted by Crippen LogP contribution is 2.17. The minimum absolute atomic E-state index is 0.0788. The van der Waals surface area contributed by atoms with E-state index in [4.69, 9.17) is 5.11 Å². The van der Waals surface area contributed by atoms with E-state index in [-0.39, 0.29) is 6.42 Å². The first-order valence-corrected chi connectivity index (χ1v) is 5.12. The molecular formula is C8H6BrIO2. The maximum absolute atomic E-state index is 10.4. The number of rotatable bonds is 2. The highest BCUT2D eigenvalue weighted by atomic mass is 127. The smallest absolute Gasteiger partial charge is 0.307 e. The first-order valence-electron chi connectivity index (χ1n) is 3.24. The number of carboxylic acids is 1. The summed E-state index contributed by atoms with van der Waals surface area (Å²) in [5, 5.41) is 8.53. The molecule has 0 unspecified atom stereocenters.